The summed E-state index contributed by atoms with van der Waals surface area (Å²) in [5.74, 6) is 0.125. The fourth-order valence-electron chi connectivity index (χ4n) is 2.31. The van der Waals surface area contributed by atoms with Crippen molar-refractivity contribution in [1.29, 1.82) is 0 Å². The maximum absolute atomic E-state index is 13.4. The van der Waals surface area contributed by atoms with Crippen molar-refractivity contribution < 1.29 is 13.9 Å². The first-order valence-electron chi connectivity index (χ1n) is 6.43. The number of anilines is 1. The van der Waals surface area contributed by atoms with Gasteiger partial charge in [-0.15, -0.1) is 0 Å². The molecule has 0 aromatic heterocycles. The van der Waals surface area contributed by atoms with Crippen molar-refractivity contribution in [2.75, 3.05) is 19.0 Å². The molecule has 4 nitrogen and oxygen atoms in total. The van der Waals surface area contributed by atoms with Crippen molar-refractivity contribution in [1.82, 2.24) is 4.90 Å². The molecule has 1 fully saturated rings. The van der Waals surface area contributed by atoms with E-state index < -0.39 is 0 Å². The molecule has 1 aliphatic heterocycles. The van der Waals surface area contributed by atoms with Gasteiger partial charge in [0.05, 0.1) is 7.11 Å². The third kappa shape index (κ3) is 2.97. The van der Waals surface area contributed by atoms with Gasteiger partial charge >= 0.3 is 0 Å². The Morgan fingerprint density at radius 2 is 2.16 bits per heavy atom. The Morgan fingerprint density at radius 1 is 1.42 bits per heavy atom. The number of ether oxygens (including phenoxy) is 1. The predicted molar refractivity (Wildman–Crippen MR) is 71.8 cm³/mol. The largest absolute Gasteiger partial charge is 0.497 e. The van der Waals surface area contributed by atoms with E-state index in [9.17, 15) is 9.18 Å². The van der Waals surface area contributed by atoms with Gasteiger partial charge in [0.1, 0.15) is 17.6 Å². The van der Waals surface area contributed by atoms with E-state index in [1.807, 2.05) is 18.7 Å². The number of hydrogen-bond acceptors (Lipinski definition) is 3. The van der Waals surface area contributed by atoms with Gasteiger partial charge in [0.2, 0.25) is 5.91 Å². The Bertz CT molecular complexity index is 477. The van der Waals surface area contributed by atoms with Crippen LogP contribution in [0.2, 0.25) is 0 Å². The van der Waals surface area contributed by atoms with Gasteiger partial charge in [-0.1, -0.05) is 0 Å². The average molecular weight is 266 g/mol. The van der Waals surface area contributed by atoms with Gasteiger partial charge in [-0.05, 0) is 26.3 Å². The van der Waals surface area contributed by atoms with Crippen LogP contribution in [-0.2, 0) is 4.79 Å². The van der Waals surface area contributed by atoms with Crippen molar-refractivity contribution in [2.45, 2.75) is 32.4 Å². The zero-order chi connectivity index (χ0) is 14.0. The SMILES string of the molecule is COc1cc(F)cc(N[C@@H]2CCN(C(C)C)C2=O)c1. The second-order valence-electron chi connectivity index (χ2n) is 4.99. The number of carbonyl (C=O) groups excluding carboxylic acids is 1. The highest BCUT2D eigenvalue weighted by Crippen LogP contribution is 2.23. The molecule has 1 saturated heterocycles. The lowest BCUT2D eigenvalue weighted by molar-refractivity contribution is -0.129. The minimum absolute atomic E-state index is 0.0678. The highest BCUT2D eigenvalue weighted by Gasteiger charge is 2.32. The topological polar surface area (TPSA) is 41.6 Å². The summed E-state index contributed by atoms with van der Waals surface area (Å²) in [4.78, 5) is 14.0. The summed E-state index contributed by atoms with van der Waals surface area (Å²) in [6.07, 6.45) is 0.732. The Hall–Kier alpha value is -1.78. The summed E-state index contributed by atoms with van der Waals surface area (Å²) in [6.45, 7) is 4.72. The molecular weight excluding hydrogens is 247 g/mol. The fraction of sp³-hybridized carbons (Fsp3) is 0.500. The van der Waals surface area contributed by atoms with Gasteiger partial charge in [0.25, 0.3) is 0 Å². The standard InChI is InChI=1S/C14H19FN2O2/c1-9(2)17-5-4-13(14(17)18)16-11-6-10(15)7-12(8-11)19-3/h6-9,13,16H,4-5H2,1-3H3/t13-/m1/s1. The summed E-state index contributed by atoms with van der Waals surface area (Å²) in [5.41, 5.74) is 0.570. The van der Waals surface area contributed by atoms with Crippen LogP contribution in [0.25, 0.3) is 0 Å². The molecular formula is C14H19FN2O2. The molecule has 1 N–H and O–H groups in total. The van der Waals surface area contributed by atoms with Crippen molar-refractivity contribution >= 4 is 11.6 Å². The Kier molecular flexibility index (Phi) is 3.93. The lowest BCUT2D eigenvalue weighted by atomic mass is 10.2. The van der Waals surface area contributed by atoms with Crippen molar-refractivity contribution in [3.8, 4) is 5.75 Å². The molecule has 0 unspecified atom stereocenters. The lowest BCUT2D eigenvalue weighted by Gasteiger charge is -2.21. The van der Waals surface area contributed by atoms with E-state index in [-0.39, 0.29) is 23.8 Å². The van der Waals surface area contributed by atoms with Gasteiger partial charge in [0, 0.05) is 30.4 Å². The van der Waals surface area contributed by atoms with Crippen LogP contribution in [0.1, 0.15) is 20.3 Å². The zero-order valence-corrected chi connectivity index (χ0v) is 11.4. The number of amides is 1. The highest BCUT2D eigenvalue weighted by molar-refractivity contribution is 5.87. The molecule has 1 amide bonds. The van der Waals surface area contributed by atoms with Crippen LogP contribution >= 0.6 is 0 Å². The van der Waals surface area contributed by atoms with E-state index >= 15 is 0 Å². The van der Waals surface area contributed by atoms with E-state index in [0.717, 1.165) is 13.0 Å². The van der Waals surface area contributed by atoms with Crippen molar-refractivity contribution in [3.05, 3.63) is 24.0 Å². The Balaban J connectivity index is 2.10. The maximum atomic E-state index is 13.4. The summed E-state index contributed by atoms with van der Waals surface area (Å²) in [5, 5.41) is 3.08. The highest BCUT2D eigenvalue weighted by atomic mass is 19.1. The molecule has 104 valence electrons. The van der Waals surface area contributed by atoms with Crippen molar-refractivity contribution in [3.63, 3.8) is 0 Å². The molecule has 2 rings (SSSR count). The smallest absolute Gasteiger partial charge is 0.245 e. The first-order valence-corrected chi connectivity index (χ1v) is 6.43. The van der Waals surface area contributed by atoms with Crippen LogP contribution in [0.5, 0.6) is 5.75 Å². The number of benzene rings is 1. The van der Waals surface area contributed by atoms with Crippen LogP contribution in [0.4, 0.5) is 10.1 Å². The average Bonchev–Trinajstić information content (AvgIpc) is 2.70. The number of nitrogens with one attached hydrogen (secondary N) is 1. The molecule has 19 heavy (non-hydrogen) atoms. The van der Waals surface area contributed by atoms with Gasteiger partial charge in [-0.25, -0.2) is 4.39 Å². The number of likely N-dealkylation sites (tertiary alicyclic amines) is 1. The normalized spacial score (nSPS) is 19.1. The summed E-state index contributed by atoms with van der Waals surface area (Å²) in [7, 11) is 1.49. The molecule has 1 aliphatic rings. The van der Waals surface area contributed by atoms with Crippen LogP contribution in [0.15, 0.2) is 18.2 Å². The summed E-state index contributed by atoms with van der Waals surface area (Å²) < 4.78 is 18.4. The first-order chi connectivity index (χ1) is 9.01. The van der Waals surface area contributed by atoms with E-state index in [1.54, 1.807) is 6.07 Å². The minimum Gasteiger partial charge on any atom is -0.497 e. The molecule has 5 heteroatoms. The summed E-state index contributed by atoms with van der Waals surface area (Å²) >= 11 is 0. The number of carbonyl (C=O) groups is 1. The molecule has 0 saturated carbocycles. The van der Waals surface area contributed by atoms with E-state index in [1.165, 1.54) is 19.2 Å². The lowest BCUT2D eigenvalue weighted by Crippen LogP contribution is -2.37. The monoisotopic (exact) mass is 266 g/mol. The van der Waals surface area contributed by atoms with Crippen LogP contribution in [0.3, 0.4) is 0 Å². The van der Waals surface area contributed by atoms with Crippen LogP contribution in [0, 0.1) is 5.82 Å². The molecule has 1 heterocycles. The van der Waals surface area contributed by atoms with Crippen LogP contribution in [-0.4, -0.2) is 36.5 Å². The second kappa shape index (κ2) is 5.47. The van der Waals surface area contributed by atoms with E-state index in [2.05, 4.69) is 5.32 Å². The number of rotatable bonds is 4. The van der Waals surface area contributed by atoms with E-state index in [4.69, 9.17) is 4.74 Å². The molecule has 0 bridgehead atoms. The Labute approximate surface area is 112 Å². The number of halogens is 1. The quantitative estimate of drug-likeness (QED) is 0.909. The van der Waals surface area contributed by atoms with Crippen molar-refractivity contribution in [2.24, 2.45) is 0 Å². The molecule has 0 aliphatic carbocycles. The molecule has 0 spiro atoms. The third-order valence-electron chi connectivity index (χ3n) is 3.31. The zero-order valence-electron chi connectivity index (χ0n) is 11.4. The minimum atomic E-state index is -0.381. The van der Waals surface area contributed by atoms with Gasteiger partial charge < -0.3 is 15.0 Å². The fourth-order valence-corrected chi connectivity index (χ4v) is 2.31. The van der Waals surface area contributed by atoms with Gasteiger partial charge in [0.15, 0.2) is 0 Å². The number of hydrogen-bond donors (Lipinski definition) is 1. The summed E-state index contributed by atoms with van der Waals surface area (Å²) in [6, 6.07) is 4.28. The van der Waals surface area contributed by atoms with Gasteiger partial charge in [-0.2, -0.15) is 0 Å². The van der Waals surface area contributed by atoms with Crippen LogP contribution < -0.4 is 10.1 Å². The molecule has 1 atom stereocenters. The third-order valence-corrected chi connectivity index (χ3v) is 3.31. The Morgan fingerprint density at radius 3 is 2.74 bits per heavy atom. The molecule has 1 aromatic rings. The number of nitrogens with zero attached hydrogens (tertiary/aromatic N) is 1. The molecule has 1 aromatic carbocycles. The maximum Gasteiger partial charge on any atom is 0.245 e. The first kappa shape index (κ1) is 13.6. The molecule has 0 radical (unpaired) electrons. The predicted octanol–water partition coefficient (Wildman–Crippen LogP) is 2.26. The number of methoxy groups -OCH3 is 1. The second-order valence-corrected chi connectivity index (χ2v) is 4.99. The van der Waals surface area contributed by atoms with Gasteiger partial charge in [-0.3, -0.25) is 4.79 Å². The van der Waals surface area contributed by atoms with E-state index in [0.29, 0.717) is 11.4 Å².